The predicted molar refractivity (Wildman–Crippen MR) is 141 cm³/mol. The third-order valence-corrected chi connectivity index (χ3v) is 7.11. The van der Waals surface area contributed by atoms with Crippen LogP contribution in [0, 0.1) is 0 Å². The van der Waals surface area contributed by atoms with Gasteiger partial charge in [-0.15, -0.1) is 0 Å². The maximum atomic E-state index is 13.8. The summed E-state index contributed by atoms with van der Waals surface area (Å²) in [6.07, 6.45) is 1.87. The molecule has 2 aliphatic heterocycles. The average Bonchev–Trinajstić information content (AvgIpc) is 3.58. The predicted octanol–water partition coefficient (Wildman–Crippen LogP) is 3.14. The fourth-order valence-electron chi connectivity index (χ4n) is 4.83. The van der Waals surface area contributed by atoms with Gasteiger partial charge in [-0.25, -0.2) is 9.59 Å². The molecule has 1 unspecified atom stereocenters. The van der Waals surface area contributed by atoms with Crippen molar-refractivity contribution in [3.8, 4) is 0 Å². The molecule has 202 valence electrons. The molecule has 0 aliphatic carbocycles. The van der Waals surface area contributed by atoms with Crippen molar-refractivity contribution >= 4 is 47.0 Å². The van der Waals surface area contributed by atoms with Gasteiger partial charge >= 0.3 is 12.2 Å². The lowest BCUT2D eigenvalue weighted by molar-refractivity contribution is -0.133. The number of hydrogen-bond donors (Lipinski definition) is 3. The van der Waals surface area contributed by atoms with E-state index in [-0.39, 0.29) is 24.6 Å². The van der Waals surface area contributed by atoms with Crippen molar-refractivity contribution in [1.82, 2.24) is 20.0 Å². The smallest absolute Gasteiger partial charge is 0.412 e. The molecule has 5 rings (SSSR count). The van der Waals surface area contributed by atoms with Crippen molar-refractivity contribution in [3.05, 3.63) is 77.1 Å². The molecule has 0 bridgehead atoms. The van der Waals surface area contributed by atoms with Gasteiger partial charge in [-0.2, -0.15) is 5.10 Å². The van der Waals surface area contributed by atoms with E-state index in [2.05, 4.69) is 15.7 Å². The summed E-state index contributed by atoms with van der Waals surface area (Å²) in [6, 6.07) is 11.8. The van der Waals surface area contributed by atoms with E-state index >= 15 is 0 Å². The van der Waals surface area contributed by atoms with Crippen molar-refractivity contribution in [3.63, 3.8) is 0 Å². The van der Waals surface area contributed by atoms with Gasteiger partial charge in [-0.05, 0) is 48.5 Å². The number of carbonyl (C=O) groups excluding carboxylic acids is 3. The Labute approximate surface area is 228 Å². The van der Waals surface area contributed by atoms with Crippen LogP contribution in [0.3, 0.4) is 0 Å². The standard InChI is InChI=1S/C26H25ClN6O6/c1-31(25(37)38)18-6-3-16(4-7-18)22(34)29-21(14-33-11-2-10-28-33)23(35)32-12-9-26(15-32)19-13-17(27)5-8-20(19)30-24(36)39-26/h2-8,10-11,13,21H,9,12,14-15H2,1H3,(H,29,34)(H,30,36)(H,37,38)/t21-,26?/m0/s1. The van der Waals surface area contributed by atoms with E-state index in [0.717, 1.165) is 4.90 Å². The lowest BCUT2D eigenvalue weighted by Crippen LogP contribution is -2.51. The van der Waals surface area contributed by atoms with E-state index in [0.29, 0.717) is 34.9 Å². The van der Waals surface area contributed by atoms with Gasteiger partial charge in [0.25, 0.3) is 5.91 Å². The largest absolute Gasteiger partial charge is 0.465 e. The molecule has 2 atom stereocenters. The summed E-state index contributed by atoms with van der Waals surface area (Å²) in [5.74, 6) is -0.875. The summed E-state index contributed by atoms with van der Waals surface area (Å²) >= 11 is 6.22. The summed E-state index contributed by atoms with van der Waals surface area (Å²) in [4.78, 5) is 53.0. The molecule has 1 spiro atoms. The van der Waals surface area contributed by atoms with Crippen molar-refractivity contribution in [2.24, 2.45) is 0 Å². The highest BCUT2D eigenvalue weighted by Crippen LogP contribution is 2.43. The molecule has 39 heavy (non-hydrogen) atoms. The minimum absolute atomic E-state index is 0.0741. The lowest BCUT2D eigenvalue weighted by Gasteiger charge is -2.35. The number of carboxylic acid groups (broad SMARTS) is 1. The van der Waals surface area contributed by atoms with Gasteiger partial charge < -0.3 is 20.1 Å². The van der Waals surface area contributed by atoms with Crippen molar-refractivity contribution in [2.45, 2.75) is 24.6 Å². The fourth-order valence-corrected chi connectivity index (χ4v) is 5.01. The molecule has 13 heteroatoms. The number of halogens is 1. The molecule has 12 nitrogen and oxygen atoms in total. The van der Waals surface area contributed by atoms with Crippen LogP contribution in [0.2, 0.25) is 5.02 Å². The van der Waals surface area contributed by atoms with E-state index in [1.54, 1.807) is 46.2 Å². The highest BCUT2D eigenvalue weighted by molar-refractivity contribution is 6.30. The van der Waals surface area contributed by atoms with Crippen molar-refractivity contribution in [1.29, 1.82) is 0 Å². The number of ether oxygens (including phenoxy) is 1. The third kappa shape index (κ3) is 5.23. The third-order valence-electron chi connectivity index (χ3n) is 6.88. The molecule has 3 heterocycles. The van der Waals surface area contributed by atoms with E-state index < -0.39 is 29.7 Å². The van der Waals surface area contributed by atoms with Crippen LogP contribution >= 0.6 is 11.6 Å². The fraction of sp³-hybridized carbons (Fsp3) is 0.269. The SMILES string of the molecule is CN(C(=O)O)c1ccc(C(=O)N[C@@H](Cn2cccn2)C(=O)N2CCC3(C2)OC(=O)Nc2ccc(Cl)cc23)cc1. The van der Waals surface area contributed by atoms with Gasteiger partial charge in [0.05, 0.1) is 18.8 Å². The zero-order chi connectivity index (χ0) is 27.7. The van der Waals surface area contributed by atoms with Crippen LogP contribution in [0.15, 0.2) is 60.9 Å². The Kier molecular flexibility index (Phi) is 6.87. The molecule has 2 aliphatic rings. The number of hydrogen-bond acceptors (Lipinski definition) is 6. The summed E-state index contributed by atoms with van der Waals surface area (Å²) in [5.41, 5.74) is 0.837. The first-order chi connectivity index (χ1) is 18.6. The number of nitrogens with one attached hydrogen (secondary N) is 2. The van der Waals surface area contributed by atoms with Gasteiger partial charge in [0.15, 0.2) is 5.60 Å². The van der Waals surface area contributed by atoms with E-state index in [4.69, 9.17) is 21.4 Å². The number of amides is 4. The highest BCUT2D eigenvalue weighted by Gasteiger charge is 2.49. The molecule has 4 amide bonds. The monoisotopic (exact) mass is 552 g/mol. The first-order valence-electron chi connectivity index (χ1n) is 12.1. The Bertz CT molecular complexity index is 1430. The first-order valence-corrected chi connectivity index (χ1v) is 12.5. The zero-order valence-electron chi connectivity index (χ0n) is 20.8. The number of anilines is 2. The second-order valence-electron chi connectivity index (χ2n) is 9.35. The first kappa shape index (κ1) is 26.0. The normalized spacial score (nSPS) is 18.6. The van der Waals surface area contributed by atoms with Crippen LogP contribution in [0.1, 0.15) is 22.3 Å². The number of carbonyl (C=O) groups is 4. The highest BCUT2D eigenvalue weighted by atomic mass is 35.5. The summed E-state index contributed by atoms with van der Waals surface area (Å²) in [6.45, 7) is 0.457. The summed E-state index contributed by atoms with van der Waals surface area (Å²) < 4.78 is 7.27. The van der Waals surface area contributed by atoms with Crippen LogP contribution in [-0.4, -0.2) is 70.0 Å². The Hall–Kier alpha value is -4.58. The summed E-state index contributed by atoms with van der Waals surface area (Å²) in [5, 5.41) is 19.2. The quantitative estimate of drug-likeness (QED) is 0.426. The van der Waals surface area contributed by atoms with Crippen molar-refractivity contribution in [2.75, 3.05) is 30.4 Å². The van der Waals surface area contributed by atoms with Gasteiger partial charge in [0, 0.05) is 54.2 Å². The molecule has 2 aromatic carbocycles. The maximum absolute atomic E-state index is 13.8. The molecule has 3 N–H and O–H groups in total. The minimum Gasteiger partial charge on any atom is -0.465 e. The van der Waals surface area contributed by atoms with Gasteiger partial charge in [0.2, 0.25) is 5.91 Å². The zero-order valence-corrected chi connectivity index (χ0v) is 21.6. The average molecular weight is 553 g/mol. The molecule has 1 saturated heterocycles. The Morgan fingerprint density at radius 1 is 1.26 bits per heavy atom. The van der Waals surface area contributed by atoms with E-state index in [9.17, 15) is 19.2 Å². The minimum atomic E-state index is -1.13. The number of fused-ring (bicyclic) bond motifs is 2. The van der Waals surface area contributed by atoms with Gasteiger partial charge in [-0.3, -0.25) is 24.5 Å². The van der Waals surface area contributed by atoms with Crippen LogP contribution in [-0.2, 0) is 21.7 Å². The Morgan fingerprint density at radius 2 is 2.03 bits per heavy atom. The Balaban J connectivity index is 1.36. The molecule has 1 aromatic heterocycles. The van der Waals surface area contributed by atoms with Crippen LogP contribution < -0.4 is 15.5 Å². The molecule has 0 radical (unpaired) electrons. The molecule has 0 saturated carbocycles. The van der Waals surface area contributed by atoms with E-state index in [1.165, 1.54) is 31.3 Å². The van der Waals surface area contributed by atoms with Crippen molar-refractivity contribution < 1.29 is 29.0 Å². The number of nitrogens with zero attached hydrogens (tertiary/aromatic N) is 4. The second kappa shape index (κ2) is 10.3. The van der Waals surface area contributed by atoms with Crippen LogP contribution in [0.4, 0.5) is 21.0 Å². The number of rotatable bonds is 6. The topological polar surface area (TPSA) is 146 Å². The Morgan fingerprint density at radius 3 is 2.72 bits per heavy atom. The molecular weight excluding hydrogens is 528 g/mol. The maximum Gasteiger partial charge on any atom is 0.412 e. The second-order valence-corrected chi connectivity index (χ2v) is 9.79. The van der Waals surface area contributed by atoms with E-state index in [1.807, 2.05) is 0 Å². The molecular formula is C26H25ClN6O6. The lowest BCUT2D eigenvalue weighted by atomic mass is 9.90. The van der Waals surface area contributed by atoms with Crippen LogP contribution in [0.5, 0.6) is 0 Å². The number of aromatic nitrogens is 2. The van der Waals surface area contributed by atoms with Crippen LogP contribution in [0.25, 0.3) is 0 Å². The van der Waals surface area contributed by atoms with Gasteiger partial charge in [0.1, 0.15) is 6.04 Å². The molecule has 1 fully saturated rings. The number of benzene rings is 2. The number of likely N-dealkylation sites (tertiary alicyclic amines) is 1. The molecule has 3 aromatic rings. The summed E-state index contributed by atoms with van der Waals surface area (Å²) in [7, 11) is 1.39. The van der Waals surface area contributed by atoms with Gasteiger partial charge in [-0.1, -0.05) is 11.6 Å².